The van der Waals surface area contributed by atoms with Crippen molar-refractivity contribution in [3.63, 3.8) is 0 Å². The zero-order chi connectivity index (χ0) is 23.8. The lowest BCUT2D eigenvalue weighted by molar-refractivity contribution is -0.138. The SMILES string of the molecule is CC(C)CC(=O)N(C(C)C)C1CCN(C(=O)C(Cc2ccc(Cl)cc2)NC(=O)CCN)C1. The fraction of sp³-hybridized carbons (Fsp3) is 0.625. The molecule has 0 saturated carbocycles. The second kappa shape index (κ2) is 12.2. The summed E-state index contributed by atoms with van der Waals surface area (Å²) in [6, 6.07) is 6.62. The van der Waals surface area contributed by atoms with Crippen molar-refractivity contribution < 1.29 is 14.4 Å². The zero-order valence-corrected chi connectivity index (χ0v) is 20.4. The number of nitrogens with zero attached hydrogens (tertiary/aromatic N) is 2. The van der Waals surface area contributed by atoms with E-state index < -0.39 is 6.04 Å². The van der Waals surface area contributed by atoms with Crippen LogP contribution in [0.5, 0.6) is 0 Å². The quantitative estimate of drug-likeness (QED) is 0.556. The minimum absolute atomic E-state index is 0.0128. The van der Waals surface area contributed by atoms with Gasteiger partial charge in [-0.05, 0) is 43.9 Å². The smallest absolute Gasteiger partial charge is 0.245 e. The Balaban J connectivity index is 2.13. The van der Waals surface area contributed by atoms with Crippen LogP contribution in [0, 0.1) is 5.92 Å². The third kappa shape index (κ3) is 7.48. The molecule has 7 nitrogen and oxygen atoms in total. The van der Waals surface area contributed by atoms with Crippen molar-refractivity contribution in [2.75, 3.05) is 19.6 Å². The Morgan fingerprint density at radius 3 is 2.41 bits per heavy atom. The van der Waals surface area contributed by atoms with Gasteiger partial charge in [0.05, 0.1) is 6.04 Å². The van der Waals surface area contributed by atoms with E-state index in [1.807, 2.05) is 44.7 Å². The number of halogens is 1. The van der Waals surface area contributed by atoms with Gasteiger partial charge in [0.25, 0.3) is 0 Å². The molecule has 3 N–H and O–H groups in total. The molecular weight excluding hydrogens is 428 g/mol. The van der Waals surface area contributed by atoms with E-state index in [4.69, 9.17) is 17.3 Å². The highest BCUT2D eigenvalue weighted by Gasteiger charge is 2.36. The van der Waals surface area contributed by atoms with Gasteiger partial charge in [-0.25, -0.2) is 0 Å². The summed E-state index contributed by atoms with van der Waals surface area (Å²) in [7, 11) is 0. The lowest BCUT2D eigenvalue weighted by atomic mass is 10.0. The number of amides is 3. The number of carbonyl (C=O) groups excluding carboxylic acids is 3. The number of nitrogens with one attached hydrogen (secondary N) is 1. The number of likely N-dealkylation sites (tertiary alicyclic amines) is 1. The van der Waals surface area contributed by atoms with Crippen LogP contribution in [-0.2, 0) is 20.8 Å². The van der Waals surface area contributed by atoms with Crippen LogP contribution in [0.25, 0.3) is 0 Å². The highest BCUT2D eigenvalue weighted by atomic mass is 35.5. The standard InChI is InChI=1S/C24H37ClN4O3/c1-16(2)13-23(31)29(17(3)4)20-10-12-28(15-20)24(32)21(27-22(30)9-11-26)14-18-5-7-19(25)8-6-18/h5-8,16-17,20-21H,9-15,26H2,1-4H3,(H,27,30). The highest BCUT2D eigenvalue weighted by Crippen LogP contribution is 2.22. The van der Waals surface area contributed by atoms with Gasteiger partial charge in [0.15, 0.2) is 0 Å². The molecule has 2 unspecified atom stereocenters. The Morgan fingerprint density at radius 2 is 1.84 bits per heavy atom. The van der Waals surface area contributed by atoms with Crippen LogP contribution >= 0.6 is 11.6 Å². The van der Waals surface area contributed by atoms with Gasteiger partial charge in [0.2, 0.25) is 17.7 Å². The summed E-state index contributed by atoms with van der Waals surface area (Å²) in [6.45, 7) is 9.35. The Labute approximate surface area is 196 Å². The zero-order valence-electron chi connectivity index (χ0n) is 19.6. The number of hydrogen-bond acceptors (Lipinski definition) is 4. The molecule has 2 atom stereocenters. The molecule has 0 spiro atoms. The van der Waals surface area contributed by atoms with Crippen molar-refractivity contribution >= 4 is 29.3 Å². The molecule has 8 heteroatoms. The molecule has 3 amide bonds. The number of rotatable bonds is 10. The molecule has 0 radical (unpaired) electrons. The average Bonchev–Trinajstić information content (AvgIpc) is 3.17. The fourth-order valence-corrected chi connectivity index (χ4v) is 4.34. The van der Waals surface area contributed by atoms with Gasteiger partial charge in [-0.2, -0.15) is 0 Å². The molecule has 2 rings (SSSR count). The lowest BCUT2D eigenvalue weighted by Crippen LogP contribution is -2.51. The summed E-state index contributed by atoms with van der Waals surface area (Å²) in [5.74, 6) is 0.0342. The lowest BCUT2D eigenvalue weighted by Gasteiger charge is -2.34. The third-order valence-electron chi connectivity index (χ3n) is 5.65. The van der Waals surface area contributed by atoms with Gasteiger partial charge in [-0.1, -0.05) is 37.6 Å². The van der Waals surface area contributed by atoms with Crippen molar-refractivity contribution in [3.8, 4) is 0 Å². The normalized spacial score (nSPS) is 17.0. The van der Waals surface area contributed by atoms with E-state index in [-0.39, 0.29) is 48.7 Å². The van der Waals surface area contributed by atoms with Crippen LogP contribution in [0.3, 0.4) is 0 Å². The highest BCUT2D eigenvalue weighted by molar-refractivity contribution is 6.30. The van der Waals surface area contributed by atoms with E-state index in [0.29, 0.717) is 31.0 Å². The predicted octanol–water partition coefficient (Wildman–Crippen LogP) is 2.60. The molecular formula is C24H37ClN4O3. The van der Waals surface area contributed by atoms with Crippen molar-refractivity contribution in [2.45, 2.75) is 71.5 Å². The monoisotopic (exact) mass is 464 g/mol. The largest absolute Gasteiger partial charge is 0.344 e. The fourth-order valence-electron chi connectivity index (χ4n) is 4.21. The maximum atomic E-state index is 13.4. The Hall–Kier alpha value is -2.12. The molecule has 1 heterocycles. The van der Waals surface area contributed by atoms with Crippen LogP contribution in [-0.4, -0.2) is 65.3 Å². The minimum Gasteiger partial charge on any atom is -0.344 e. The van der Waals surface area contributed by atoms with Gasteiger partial charge in [-0.3, -0.25) is 14.4 Å². The van der Waals surface area contributed by atoms with E-state index in [2.05, 4.69) is 5.32 Å². The van der Waals surface area contributed by atoms with Crippen molar-refractivity contribution in [3.05, 3.63) is 34.9 Å². The minimum atomic E-state index is -0.687. The van der Waals surface area contributed by atoms with Crippen LogP contribution in [0.15, 0.2) is 24.3 Å². The van der Waals surface area contributed by atoms with E-state index in [1.165, 1.54) is 0 Å². The third-order valence-corrected chi connectivity index (χ3v) is 5.91. The van der Waals surface area contributed by atoms with Crippen LogP contribution < -0.4 is 11.1 Å². The van der Waals surface area contributed by atoms with E-state index in [1.54, 1.807) is 17.0 Å². The number of hydrogen-bond donors (Lipinski definition) is 2. The first-order valence-electron chi connectivity index (χ1n) is 11.5. The molecule has 32 heavy (non-hydrogen) atoms. The van der Waals surface area contributed by atoms with E-state index in [0.717, 1.165) is 12.0 Å². The number of benzene rings is 1. The summed E-state index contributed by atoms with van der Waals surface area (Å²) in [6.07, 6.45) is 1.76. The first kappa shape index (κ1) is 26.1. The molecule has 1 saturated heterocycles. The van der Waals surface area contributed by atoms with E-state index >= 15 is 0 Å². The Morgan fingerprint density at radius 1 is 1.19 bits per heavy atom. The second-order valence-corrected chi connectivity index (χ2v) is 9.65. The number of carbonyl (C=O) groups is 3. The van der Waals surface area contributed by atoms with Crippen molar-refractivity contribution in [1.29, 1.82) is 0 Å². The van der Waals surface area contributed by atoms with Crippen LogP contribution in [0.2, 0.25) is 5.02 Å². The molecule has 178 valence electrons. The number of nitrogens with two attached hydrogens (primary N) is 1. The van der Waals surface area contributed by atoms with Gasteiger partial charge >= 0.3 is 0 Å². The second-order valence-electron chi connectivity index (χ2n) is 9.21. The molecule has 1 fully saturated rings. The van der Waals surface area contributed by atoms with Crippen molar-refractivity contribution in [1.82, 2.24) is 15.1 Å². The first-order valence-corrected chi connectivity index (χ1v) is 11.8. The molecule has 1 aromatic rings. The molecule has 1 aliphatic heterocycles. The van der Waals surface area contributed by atoms with Gasteiger partial charge in [0.1, 0.15) is 6.04 Å². The molecule has 1 aliphatic rings. The summed E-state index contributed by atoms with van der Waals surface area (Å²) >= 11 is 5.98. The maximum absolute atomic E-state index is 13.4. The summed E-state index contributed by atoms with van der Waals surface area (Å²) < 4.78 is 0. The Kier molecular flexibility index (Phi) is 9.97. The van der Waals surface area contributed by atoms with Gasteiger partial charge in [0, 0.05) is 50.0 Å². The molecule has 0 bridgehead atoms. The van der Waals surface area contributed by atoms with Gasteiger partial charge in [-0.15, -0.1) is 0 Å². The maximum Gasteiger partial charge on any atom is 0.245 e. The molecule has 0 aliphatic carbocycles. The van der Waals surface area contributed by atoms with Crippen LogP contribution in [0.1, 0.15) is 52.5 Å². The van der Waals surface area contributed by atoms with Crippen molar-refractivity contribution in [2.24, 2.45) is 11.7 Å². The average molecular weight is 465 g/mol. The molecule has 0 aromatic heterocycles. The molecule has 1 aromatic carbocycles. The first-order chi connectivity index (χ1) is 15.1. The summed E-state index contributed by atoms with van der Waals surface area (Å²) in [5, 5.41) is 3.47. The van der Waals surface area contributed by atoms with Crippen LogP contribution in [0.4, 0.5) is 0 Å². The Bertz CT molecular complexity index is 782. The van der Waals surface area contributed by atoms with E-state index in [9.17, 15) is 14.4 Å². The topological polar surface area (TPSA) is 95.7 Å². The predicted molar refractivity (Wildman–Crippen MR) is 127 cm³/mol. The van der Waals surface area contributed by atoms with Gasteiger partial charge < -0.3 is 20.9 Å². The summed E-state index contributed by atoms with van der Waals surface area (Å²) in [5.41, 5.74) is 6.42. The summed E-state index contributed by atoms with van der Waals surface area (Å²) in [4.78, 5) is 42.1.